The summed E-state index contributed by atoms with van der Waals surface area (Å²) in [6, 6.07) is 5.61. The highest BCUT2D eigenvalue weighted by molar-refractivity contribution is 5.84. The van der Waals surface area contributed by atoms with Gasteiger partial charge in [-0.15, -0.1) is 0 Å². The van der Waals surface area contributed by atoms with Gasteiger partial charge >= 0.3 is 5.97 Å². The second-order valence-corrected chi connectivity index (χ2v) is 14.3. The van der Waals surface area contributed by atoms with Gasteiger partial charge in [-0.25, -0.2) is 0 Å². The van der Waals surface area contributed by atoms with Gasteiger partial charge in [0.05, 0.1) is 0 Å². The summed E-state index contributed by atoms with van der Waals surface area (Å²) in [5.74, 6) is 0.521. The molecule has 5 N–H and O–H groups in total. The van der Waals surface area contributed by atoms with Crippen LogP contribution in [0.15, 0.2) is 24.4 Å². The minimum Gasteiger partial charge on any atom is -0.460 e. The van der Waals surface area contributed by atoms with E-state index in [0.717, 1.165) is 25.9 Å². The lowest BCUT2D eigenvalue weighted by Crippen LogP contribution is -2.48. The highest BCUT2D eigenvalue weighted by Crippen LogP contribution is 2.31. The Balaban J connectivity index is 1.80. The van der Waals surface area contributed by atoms with Crippen LogP contribution in [0.25, 0.3) is 10.9 Å². The van der Waals surface area contributed by atoms with E-state index in [-0.39, 0.29) is 29.6 Å². The molecule has 1 aromatic carbocycles. The molecule has 44 heavy (non-hydrogen) atoms. The van der Waals surface area contributed by atoms with E-state index in [1.54, 1.807) is 7.11 Å². The van der Waals surface area contributed by atoms with Crippen molar-refractivity contribution in [3.8, 4) is 0 Å². The summed E-state index contributed by atoms with van der Waals surface area (Å²) in [5, 5.41) is 4.43. The Kier molecular flexibility index (Phi) is 13.7. The van der Waals surface area contributed by atoms with Gasteiger partial charge in [0.2, 0.25) is 5.91 Å². The molecule has 1 aliphatic rings. The Labute approximate surface area is 266 Å². The highest BCUT2D eigenvalue weighted by atomic mass is 16.5. The molecule has 1 fully saturated rings. The van der Waals surface area contributed by atoms with Gasteiger partial charge in [-0.3, -0.25) is 9.59 Å². The summed E-state index contributed by atoms with van der Waals surface area (Å²) in [5.41, 5.74) is 17.0. The maximum atomic E-state index is 13.3. The molecule has 1 saturated carbocycles. The minimum absolute atomic E-state index is 0.0196. The molecular formula is C36H60N4O4. The van der Waals surface area contributed by atoms with Crippen molar-refractivity contribution in [2.45, 2.75) is 105 Å². The number of carbonyl (C=O) groups is 2. The lowest BCUT2D eigenvalue weighted by atomic mass is 9.80. The molecular weight excluding hydrogens is 552 g/mol. The Bertz CT molecular complexity index is 1200. The monoisotopic (exact) mass is 612 g/mol. The van der Waals surface area contributed by atoms with Gasteiger partial charge in [0, 0.05) is 56.4 Å². The number of nitrogens with zero attached hydrogens (tertiary/aromatic N) is 1. The molecule has 1 aliphatic carbocycles. The van der Waals surface area contributed by atoms with Crippen LogP contribution in [0, 0.1) is 35.5 Å². The van der Waals surface area contributed by atoms with Gasteiger partial charge in [0.15, 0.2) is 0 Å². The average Bonchev–Trinajstić information content (AvgIpc) is 3.75. The number of carbonyl (C=O) groups excluding carboxylic acids is 2. The van der Waals surface area contributed by atoms with E-state index >= 15 is 0 Å². The summed E-state index contributed by atoms with van der Waals surface area (Å²) in [6.07, 6.45) is 7.87. The number of ether oxygens (including phenoxy) is 2. The van der Waals surface area contributed by atoms with Crippen molar-refractivity contribution in [2.24, 2.45) is 54.0 Å². The Morgan fingerprint density at radius 2 is 1.73 bits per heavy atom. The van der Waals surface area contributed by atoms with Gasteiger partial charge in [-0.2, -0.15) is 0 Å². The number of esters is 1. The van der Waals surface area contributed by atoms with Crippen molar-refractivity contribution >= 4 is 22.8 Å². The lowest BCUT2D eigenvalue weighted by molar-refractivity contribution is -0.155. The molecule has 0 bridgehead atoms. The van der Waals surface area contributed by atoms with Gasteiger partial charge in [0.1, 0.15) is 12.1 Å². The first-order chi connectivity index (χ1) is 20.8. The summed E-state index contributed by atoms with van der Waals surface area (Å²) < 4.78 is 13.6. The summed E-state index contributed by atoms with van der Waals surface area (Å²) in [6.45, 7) is 13.8. The normalized spacial score (nSPS) is 17.2. The molecule has 1 amide bonds. The van der Waals surface area contributed by atoms with Gasteiger partial charge < -0.3 is 30.8 Å². The van der Waals surface area contributed by atoms with Crippen LogP contribution < -0.4 is 16.8 Å². The van der Waals surface area contributed by atoms with Crippen LogP contribution in [0.4, 0.5) is 0 Å². The largest absolute Gasteiger partial charge is 0.460 e. The Hall–Kier alpha value is -2.42. The van der Waals surface area contributed by atoms with E-state index in [1.165, 1.54) is 34.9 Å². The lowest BCUT2D eigenvalue weighted by Gasteiger charge is -2.33. The number of nitrogens with two attached hydrogens (primary N) is 2. The molecule has 248 valence electrons. The fourth-order valence-corrected chi connectivity index (χ4v) is 6.09. The van der Waals surface area contributed by atoms with E-state index in [0.29, 0.717) is 31.2 Å². The molecule has 8 heteroatoms. The Morgan fingerprint density at radius 1 is 1.02 bits per heavy atom. The van der Waals surface area contributed by atoms with E-state index in [1.807, 2.05) is 27.7 Å². The number of amides is 1. The van der Waals surface area contributed by atoms with Crippen molar-refractivity contribution in [1.82, 2.24) is 9.88 Å². The minimum atomic E-state index is -0.734. The van der Waals surface area contributed by atoms with Crippen molar-refractivity contribution in [3.63, 3.8) is 0 Å². The fraction of sp³-hybridized carbons (Fsp3) is 0.722. The number of aromatic nitrogens is 1. The molecule has 0 saturated heterocycles. The van der Waals surface area contributed by atoms with Crippen molar-refractivity contribution in [2.75, 3.05) is 20.3 Å². The molecule has 5 atom stereocenters. The maximum Gasteiger partial charge on any atom is 0.323 e. The molecule has 0 spiro atoms. The Morgan fingerprint density at radius 3 is 2.32 bits per heavy atom. The summed E-state index contributed by atoms with van der Waals surface area (Å²) in [7, 11) is 3.84. The number of aryl methyl sites for hydroxylation is 2. The van der Waals surface area contributed by atoms with Crippen LogP contribution in [0.5, 0.6) is 0 Å². The third-order valence-corrected chi connectivity index (χ3v) is 9.57. The zero-order chi connectivity index (χ0) is 32.6. The summed E-state index contributed by atoms with van der Waals surface area (Å²) >= 11 is 0. The van der Waals surface area contributed by atoms with E-state index in [4.69, 9.17) is 20.9 Å². The predicted octanol–water partition coefficient (Wildman–Crippen LogP) is 5.37. The third kappa shape index (κ3) is 10.3. The second kappa shape index (κ2) is 16.8. The van der Waals surface area contributed by atoms with Gasteiger partial charge in [-0.1, -0.05) is 47.6 Å². The predicted molar refractivity (Wildman–Crippen MR) is 179 cm³/mol. The van der Waals surface area contributed by atoms with Crippen LogP contribution in [0.3, 0.4) is 0 Å². The van der Waals surface area contributed by atoms with E-state index in [2.05, 4.69) is 55.2 Å². The first-order valence-corrected chi connectivity index (χ1v) is 16.9. The zero-order valence-electron chi connectivity index (χ0n) is 28.6. The standard InChI is InChI=1S/C36H60N4O4/c1-22(2)28(16-26-13-14-32-30(17-26)27(21-40(32)7)10-9-15-43-8)18-31(37)33(44-36(42)34(38)24(5)6)19-29(23(3)4)35(41)39-20-25-11-12-25/h13-14,17,21-25,28-29,31,33-34H,9-12,15-16,18-20,37-38H2,1-8H3,(H,39,41)/t28-,29?,31-,33?,34?/m0/s1. The SMILES string of the molecule is COCCCc1cn(C)c2ccc(C[C@@H](C[C@H](N)C(CC(C(=O)NCC3CC3)C(C)C)OC(=O)C(N)C(C)C)C(C)C)cc12. The van der Waals surface area contributed by atoms with Crippen LogP contribution in [-0.2, 0) is 39.0 Å². The maximum absolute atomic E-state index is 13.3. The third-order valence-electron chi connectivity index (χ3n) is 9.57. The zero-order valence-corrected chi connectivity index (χ0v) is 28.6. The number of methoxy groups -OCH3 is 1. The van der Waals surface area contributed by atoms with Crippen molar-refractivity contribution in [1.29, 1.82) is 0 Å². The number of nitrogens with one attached hydrogen (secondary N) is 1. The molecule has 0 radical (unpaired) electrons. The van der Waals surface area contributed by atoms with Gasteiger partial charge in [-0.05, 0) is 97.8 Å². The van der Waals surface area contributed by atoms with E-state index < -0.39 is 24.2 Å². The first kappa shape index (κ1) is 36.1. The van der Waals surface area contributed by atoms with E-state index in [9.17, 15) is 9.59 Å². The van der Waals surface area contributed by atoms with Crippen molar-refractivity contribution < 1.29 is 19.1 Å². The molecule has 3 rings (SSSR count). The number of hydrogen-bond acceptors (Lipinski definition) is 6. The molecule has 2 aromatic rings. The number of rotatable bonds is 19. The molecule has 8 nitrogen and oxygen atoms in total. The molecule has 1 aromatic heterocycles. The molecule has 3 unspecified atom stereocenters. The molecule has 0 aliphatic heterocycles. The van der Waals surface area contributed by atoms with Crippen LogP contribution in [0.1, 0.15) is 84.8 Å². The second-order valence-electron chi connectivity index (χ2n) is 14.3. The number of hydrogen-bond donors (Lipinski definition) is 3. The van der Waals surface area contributed by atoms with Crippen LogP contribution in [-0.4, -0.2) is 54.9 Å². The summed E-state index contributed by atoms with van der Waals surface area (Å²) in [4.78, 5) is 26.4. The van der Waals surface area contributed by atoms with Gasteiger partial charge in [0.25, 0.3) is 0 Å². The fourth-order valence-electron chi connectivity index (χ4n) is 6.09. The van der Waals surface area contributed by atoms with Crippen molar-refractivity contribution in [3.05, 3.63) is 35.5 Å². The highest BCUT2D eigenvalue weighted by Gasteiger charge is 2.35. The first-order valence-electron chi connectivity index (χ1n) is 16.9. The van der Waals surface area contributed by atoms with Crippen LogP contribution in [0.2, 0.25) is 0 Å². The number of fused-ring (bicyclic) bond motifs is 1. The smallest absolute Gasteiger partial charge is 0.323 e. The quantitative estimate of drug-likeness (QED) is 0.145. The van der Waals surface area contributed by atoms with Crippen LogP contribution >= 0.6 is 0 Å². The topological polar surface area (TPSA) is 122 Å². The molecule has 1 heterocycles. The number of benzene rings is 1. The average molecular weight is 613 g/mol.